The van der Waals surface area contributed by atoms with Crippen LogP contribution in [0.5, 0.6) is 11.5 Å². The normalized spacial score (nSPS) is 12.5. The standard InChI is InChI=1S/C28H26F2N2O2S2/c1-33-17-11-13-23(25(35)15-17)31-27(19-7-3-5-9-21(19)29)28(20-8-4-6-10-22(20)30)32-24-14-12-18(34-2)16-26(24)36/h3-16,27-28,31-32,35-36H,1-2H3. The highest BCUT2D eigenvalue weighted by Gasteiger charge is 2.30. The highest BCUT2D eigenvalue weighted by atomic mass is 32.1. The maximum atomic E-state index is 15.2. The topological polar surface area (TPSA) is 42.5 Å². The first-order valence-corrected chi connectivity index (χ1v) is 12.1. The molecule has 4 aromatic carbocycles. The minimum atomic E-state index is -0.739. The molecule has 4 rings (SSSR count). The smallest absolute Gasteiger partial charge is 0.128 e. The highest BCUT2D eigenvalue weighted by Crippen LogP contribution is 2.40. The number of rotatable bonds is 9. The molecule has 0 amide bonds. The second kappa shape index (κ2) is 11.6. The van der Waals surface area contributed by atoms with E-state index in [0.717, 1.165) is 0 Å². The molecule has 8 heteroatoms. The minimum absolute atomic E-state index is 0.357. The van der Waals surface area contributed by atoms with Crippen molar-refractivity contribution in [2.45, 2.75) is 21.9 Å². The van der Waals surface area contributed by atoms with Crippen molar-refractivity contribution in [3.05, 3.63) is 108 Å². The Balaban J connectivity index is 1.86. The van der Waals surface area contributed by atoms with Crippen molar-refractivity contribution in [1.29, 1.82) is 0 Å². The minimum Gasteiger partial charge on any atom is -0.497 e. The first-order chi connectivity index (χ1) is 17.4. The number of benzene rings is 4. The third-order valence-electron chi connectivity index (χ3n) is 5.85. The lowest BCUT2D eigenvalue weighted by Gasteiger charge is -2.32. The van der Waals surface area contributed by atoms with Crippen LogP contribution >= 0.6 is 25.3 Å². The summed E-state index contributed by atoms with van der Waals surface area (Å²) < 4.78 is 41.0. The first-order valence-electron chi connectivity index (χ1n) is 11.2. The summed E-state index contributed by atoms with van der Waals surface area (Å²) in [4.78, 5) is 1.20. The van der Waals surface area contributed by atoms with Gasteiger partial charge < -0.3 is 20.1 Å². The zero-order chi connectivity index (χ0) is 25.7. The molecule has 0 aliphatic heterocycles. The molecule has 186 valence electrons. The molecule has 0 saturated carbocycles. The van der Waals surface area contributed by atoms with E-state index in [2.05, 4.69) is 35.9 Å². The summed E-state index contributed by atoms with van der Waals surface area (Å²) in [5.74, 6) is 0.422. The van der Waals surface area contributed by atoms with Gasteiger partial charge in [0.15, 0.2) is 0 Å². The molecule has 0 fully saturated rings. The monoisotopic (exact) mass is 524 g/mol. The van der Waals surface area contributed by atoms with Gasteiger partial charge in [0.25, 0.3) is 0 Å². The lowest BCUT2D eigenvalue weighted by molar-refractivity contribution is 0.413. The van der Waals surface area contributed by atoms with Crippen molar-refractivity contribution in [2.24, 2.45) is 0 Å². The van der Waals surface area contributed by atoms with Crippen LogP contribution in [-0.4, -0.2) is 14.2 Å². The number of ether oxygens (including phenoxy) is 2. The van der Waals surface area contributed by atoms with Crippen LogP contribution in [0.2, 0.25) is 0 Å². The quantitative estimate of drug-likeness (QED) is 0.171. The van der Waals surface area contributed by atoms with Gasteiger partial charge in [-0.25, -0.2) is 8.78 Å². The van der Waals surface area contributed by atoms with Crippen LogP contribution in [0.4, 0.5) is 20.2 Å². The largest absolute Gasteiger partial charge is 0.497 e. The number of anilines is 2. The van der Waals surface area contributed by atoms with Gasteiger partial charge in [-0.1, -0.05) is 36.4 Å². The average Bonchev–Trinajstić information content (AvgIpc) is 2.88. The Morgan fingerprint density at radius 1 is 0.611 bits per heavy atom. The molecule has 2 atom stereocenters. The van der Waals surface area contributed by atoms with Gasteiger partial charge in [0, 0.05) is 32.3 Å². The van der Waals surface area contributed by atoms with Crippen molar-refractivity contribution in [3.63, 3.8) is 0 Å². The van der Waals surface area contributed by atoms with Crippen LogP contribution in [0.1, 0.15) is 23.2 Å². The molecule has 0 bridgehead atoms. The molecule has 0 heterocycles. The van der Waals surface area contributed by atoms with Gasteiger partial charge in [0.05, 0.1) is 26.3 Å². The molecule has 4 aromatic rings. The molecule has 4 nitrogen and oxygen atoms in total. The summed E-state index contributed by atoms with van der Waals surface area (Å²) in [6, 6.07) is 22.0. The van der Waals surface area contributed by atoms with Crippen LogP contribution in [0.3, 0.4) is 0 Å². The van der Waals surface area contributed by atoms with Crippen LogP contribution < -0.4 is 20.1 Å². The van der Waals surface area contributed by atoms with Crippen molar-refractivity contribution in [2.75, 3.05) is 24.9 Å². The Morgan fingerprint density at radius 2 is 1.00 bits per heavy atom. The molecular formula is C28H26F2N2O2S2. The average molecular weight is 525 g/mol. The Hall–Kier alpha value is -3.36. The van der Waals surface area contributed by atoms with E-state index in [1.165, 1.54) is 12.1 Å². The van der Waals surface area contributed by atoms with Gasteiger partial charge >= 0.3 is 0 Å². The number of nitrogens with one attached hydrogen (secondary N) is 2. The predicted octanol–water partition coefficient (Wildman–Crippen LogP) is 7.57. The van der Waals surface area contributed by atoms with Gasteiger partial charge in [-0.05, 0) is 48.5 Å². The van der Waals surface area contributed by atoms with Crippen LogP contribution in [-0.2, 0) is 0 Å². The van der Waals surface area contributed by atoms with Gasteiger partial charge in [-0.15, -0.1) is 25.3 Å². The summed E-state index contributed by atoms with van der Waals surface area (Å²) in [6.07, 6.45) is 0. The highest BCUT2D eigenvalue weighted by molar-refractivity contribution is 7.80. The first kappa shape index (κ1) is 25.7. The van der Waals surface area contributed by atoms with E-state index in [1.807, 2.05) is 0 Å². The third-order valence-corrected chi connectivity index (χ3v) is 6.59. The maximum absolute atomic E-state index is 15.2. The van der Waals surface area contributed by atoms with Gasteiger partial charge in [0.1, 0.15) is 23.1 Å². The van der Waals surface area contributed by atoms with E-state index in [-0.39, 0.29) is 0 Å². The number of thiol groups is 2. The van der Waals surface area contributed by atoms with E-state index in [0.29, 0.717) is 43.8 Å². The maximum Gasteiger partial charge on any atom is 0.128 e. The van der Waals surface area contributed by atoms with Crippen molar-refractivity contribution < 1.29 is 18.3 Å². The Morgan fingerprint density at radius 3 is 1.33 bits per heavy atom. The van der Waals surface area contributed by atoms with E-state index in [9.17, 15) is 0 Å². The number of methoxy groups -OCH3 is 2. The zero-order valence-corrected chi connectivity index (χ0v) is 21.5. The predicted molar refractivity (Wildman–Crippen MR) is 146 cm³/mol. The molecule has 0 radical (unpaired) electrons. The van der Waals surface area contributed by atoms with E-state index >= 15 is 8.78 Å². The fourth-order valence-electron chi connectivity index (χ4n) is 3.99. The summed E-state index contributed by atoms with van der Waals surface area (Å²) >= 11 is 9.18. The van der Waals surface area contributed by atoms with Gasteiger partial charge in [-0.2, -0.15) is 0 Å². The molecule has 0 aliphatic rings. The third kappa shape index (κ3) is 5.71. The molecular weight excluding hydrogens is 498 g/mol. The van der Waals surface area contributed by atoms with Crippen LogP contribution in [0.25, 0.3) is 0 Å². The molecule has 0 aromatic heterocycles. The Kier molecular flexibility index (Phi) is 8.28. The fourth-order valence-corrected chi connectivity index (χ4v) is 4.52. The molecule has 0 saturated heterocycles. The summed E-state index contributed by atoms with van der Waals surface area (Å²) in [5, 5.41) is 6.79. The number of halogens is 2. The summed E-state index contributed by atoms with van der Waals surface area (Å²) in [7, 11) is 3.14. The fraction of sp³-hybridized carbons (Fsp3) is 0.143. The summed E-state index contributed by atoms with van der Waals surface area (Å²) in [5.41, 5.74) is 1.99. The van der Waals surface area contributed by atoms with Crippen LogP contribution in [0, 0.1) is 11.6 Å². The number of hydrogen-bond donors (Lipinski definition) is 4. The van der Waals surface area contributed by atoms with Crippen molar-refractivity contribution in [1.82, 2.24) is 0 Å². The molecule has 36 heavy (non-hydrogen) atoms. The van der Waals surface area contributed by atoms with E-state index in [4.69, 9.17) is 9.47 Å². The van der Waals surface area contributed by atoms with Gasteiger partial charge in [-0.3, -0.25) is 0 Å². The van der Waals surface area contributed by atoms with Crippen molar-refractivity contribution in [3.8, 4) is 11.5 Å². The molecule has 0 aliphatic carbocycles. The zero-order valence-electron chi connectivity index (χ0n) is 19.7. The molecule has 2 N–H and O–H groups in total. The lowest BCUT2D eigenvalue weighted by Crippen LogP contribution is -2.27. The van der Waals surface area contributed by atoms with E-state index in [1.54, 1.807) is 87.0 Å². The van der Waals surface area contributed by atoms with E-state index < -0.39 is 23.7 Å². The van der Waals surface area contributed by atoms with Crippen molar-refractivity contribution >= 4 is 36.6 Å². The Bertz CT molecular complexity index is 1250. The number of hydrogen-bond acceptors (Lipinski definition) is 6. The molecule has 2 unspecified atom stereocenters. The molecule has 0 spiro atoms. The second-order valence-corrected chi connectivity index (χ2v) is 9.02. The summed E-state index contributed by atoms with van der Waals surface area (Å²) in [6.45, 7) is 0. The SMILES string of the molecule is COc1ccc(NC(c2ccccc2F)C(Nc2ccc(OC)cc2S)c2ccccc2F)c(S)c1. The van der Waals surface area contributed by atoms with Gasteiger partial charge in [0.2, 0.25) is 0 Å². The second-order valence-electron chi connectivity index (χ2n) is 8.05. The van der Waals surface area contributed by atoms with Crippen LogP contribution in [0.15, 0.2) is 94.7 Å². The lowest BCUT2D eigenvalue weighted by atomic mass is 9.91. The Labute approximate surface area is 220 Å².